The van der Waals surface area contributed by atoms with Crippen molar-refractivity contribution in [2.75, 3.05) is 62.2 Å². The topological polar surface area (TPSA) is 85.8 Å². The van der Waals surface area contributed by atoms with Crippen molar-refractivity contribution in [2.24, 2.45) is 0 Å². The Balaban J connectivity index is 0.000000230. The molecule has 2 amide bonds. The molecule has 0 bridgehead atoms. The lowest BCUT2D eigenvalue weighted by Gasteiger charge is -2.36. The first-order chi connectivity index (χ1) is 19.8. The summed E-state index contributed by atoms with van der Waals surface area (Å²) in [6.07, 6.45) is -0.508. The molecular formula is C32H47FN4O5. The fourth-order valence-electron chi connectivity index (χ4n) is 4.64. The Bertz CT molecular complexity index is 1070. The molecule has 2 aromatic carbocycles. The normalized spacial score (nSPS) is 16.0. The molecule has 10 heteroatoms. The average molecular weight is 587 g/mol. The van der Waals surface area contributed by atoms with Gasteiger partial charge in [-0.2, -0.15) is 0 Å². The first-order valence-corrected chi connectivity index (χ1v) is 14.6. The molecule has 2 heterocycles. The molecular weight excluding hydrogens is 539 g/mol. The molecule has 4 rings (SSSR count). The van der Waals surface area contributed by atoms with Crippen LogP contribution >= 0.6 is 0 Å². The number of piperazine rings is 2. The van der Waals surface area contributed by atoms with Crippen molar-refractivity contribution in [1.82, 2.24) is 9.80 Å². The van der Waals surface area contributed by atoms with E-state index >= 15 is 0 Å². The zero-order valence-corrected chi connectivity index (χ0v) is 25.9. The quantitative estimate of drug-likeness (QED) is 0.510. The first-order valence-electron chi connectivity index (χ1n) is 14.6. The van der Waals surface area contributed by atoms with Crippen LogP contribution in [-0.4, -0.2) is 90.7 Å². The highest BCUT2D eigenvalue weighted by Gasteiger charge is 2.27. The van der Waals surface area contributed by atoms with Gasteiger partial charge in [0.15, 0.2) is 0 Å². The second-order valence-corrected chi connectivity index (χ2v) is 12.5. The number of ether oxygens (including phenoxy) is 2. The van der Waals surface area contributed by atoms with Gasteiger partial charge in [-0.15, -0.1) is 0 Å². The molecule has 0 radical (unpaired) electrons. The fourth-order valence-corrected chi connectivity index (χ4v) is 4.64. The van der Waals surface area contributed by atoms with Gasteiger partial charge in [-0.25, -0.2) is 14.0 Å². The maximum atomic E-state index is 12.7. The van der Waals surface area contributed by atoms with E-state index in [1.54, 1.807) is 15.9 Å². The lowest BCUT2D eigenvalue weighted by atomic mass is 10.2. The van der Waals surface area contributed by atoms with Gasteiger partial charge in [-0.3, -0.25) is 0 Å². The monoisotopic (exact) mass is 586 g/mol. The van der Waals surface area contributed by atoms with Crippen LogP contribution in [0.2, 0.25) is 0 Å². The minimum atomic E-state index is -0.469. The van der Waals surface area contributed by atoms with E-state index in [1.165, 1.54) is 0 Å². The number of anilines is 2. The summed E-state index contributed by atoms with van der Waals surface area (Å²) in [7, 11) is 0. The molecule has 0 spiro atoms. The number of amides is 2. The van der Waals surface area contributed by atoms with Crippen LogP contribution in [0.3, 0.4) is 0 Å². The SMILES string of the molecule is CC(C)(C)OC(=O)N1CCN(c2cccc(CF)c2)CC1.CC(C)(C)OC(=O)N1CCN(c2cccc(CO)c2)CC1. The standard InChI is InChI=1S/C16H23FN2O2.C16H24N2O3/c1-16(2,3)21-15(20)19-9-7-18(8-10-19)14-6-4-5-13(11-14)12-17;1-16(2,3)21-15(20)18-9-7-17(8-10-18)14-6-4-5-13(11-14)12-19/h4-6,11H,7-10,12H2,1-3H3;4-6,11,19H,7-10,12H2,1-3H3. The van der Waals surface area contributed by atoms with Crippen LogP contribution in [0.25, 0.3) is 0 Å². The molecule has 2 aromatic rings. The maximum absolute atomic E-state index is 12.7. The number of alkyl halides is 1. The molecule has 2 aliphatic heterocycles. The number of halogens is 1. The first kappa shape index (κ1) is 33.0. The van der Waals surface area contributed by atoms with Crippen molar-refractivity contribution >= 4 is 23.6 Å². The van der Waals surface area contributed by atoms with Gasteiger partial charge >= 0.3 is 12.2 Å². The van der Waals surface area contributed by atoms with Gasteiger partial charge in [0.25, 0.3) is 0 Å². The Morgan fingerprint density at radius 3 is 1.43 bits per heavy atom. The number of aliphatic hydroxyl groups is 1. The summed E-state index contributed by atoms with van der Waals surface area (Å²) >= 11 is 0. The van der Waals surface area contributed by atoms with Gasteiger partial charge in [0.1, 0.15) is 17.9 Å². The van der Waals surface area contributed by atoms with Crippen molar-refractivity contribution in [3.05, 3.63) is 59.7 Å². The highest BCUT2D eigenvalue weighted by atomic mass is 19.1. The molecule has 2 aliphatic rings. The molecule has 232 valence electrons. The molecule has 9 nitrogen and oxygen atoms in total. The third-order valence-electron chi connectivity index (χ3n) is 6.75. The van der Waals surface area contributed by atoms with Crippen LogP contribution in [0.4, 0.5) is 25.4 Å². The van der Waals surface area contributed by atoms with Crippen LogP contribution < -0.4 is 9.80 Å². The van der Waals surface area contributed by atoms with E-state index in [1.807, 2.05) is 84.0 Å². The minimum absolute atomic E-state index is 0.0473. The van der Waals surface area contributed by atoms with Gasteiger partial charge in [0.2, 0.25) is 0 Å². The van der Waals surface area contributed by atoms with Gasteiger partial charge in [-0.05, 0) is 76.9 Å². The van der Waals surface area contributed by atoms with Crippen molar-refractivity contribution in [1.29, 1.82) is 0 Å². The molecule has 0 atom stereocenters. The molecule has 0 aromatic heterocycles. The van der Waals surface area contributed by atoms with Crippen molar-refractivity contribution in [3.63, 3.8) is 0 Å². The maximum Gasteiger partial charge on any atom is 0.410 e. The number of nitrogens with zero attached hydrogens (tertiary/aromatic N) is 4. The van der Waals surface area contributed by atoms with Crippen LogP contribution in [0, 0.1) is 0 Å². The molecule has 42 heavy (non-hydrogen) atoms. The van der Waals surface area contributed by atoms with Gasteiger partial charge < -0.3 is 34.2 Å². The molecule has 0 unspecified atom stereocenters. The predicted octanol–water partition coefficient (Wildman–Crippen LogP) is 5.45. The Kier molecular flexibility index (Phi) is 11.4. The lowest BCUT2D eigenvalue weighted by molar-refractivity contribution is 0.0230. The largest absolute Gasteiger partial charge is 0.444 e. The second kappa shape index (κ2) is 14.6. The van der Waals surface area contributed by atoms with Crippen molar-refractivity contribution in [2.45, 2.75) is 66.0 Å². The van der Waals surface area contributed by atoms with Crippen molar-refractivity contribution < 1.29 is 28.6 Å². The smallest absolute Gasteiger partial charge is 0.410 e. The third kappa shape index (κ3) is 10.4. The van der Waals surface area contributed by atoms with E-state index in [4.69, 9.17) is 9.47 Å². The molecule has 0 aliphatic carbocycles. The van der Waals surface area contributed by atoms with E-state index in [2.05, 4.69) is 9.80 Å². The van der Waals surface area contributed by atoms with E-state index < -0.39 is 17.9 Å². The summed E-state index contributed by atoms with van der Waals surface area (Å²) in [5.41, 5.74) is 2.76. The summed E-state index contributed by atoms with van der Waals surface area (Å²) in [5, 5.41) is 9.20. The van der Waals surface area contributed by atoms with Gasteiger partial charge in [0, 0.05) is 63.7 Å². The summed E-state index contributed by atoms with van der Waals surface area (Å²) in [5.74, 6) is 0. The van der Waals surface area contributed by atoms with E-state index in [0.29, 0.717) is 31.7 Å². The Hall–Kier alpha value is -3.53. The minimum Gasteiger partial charge on any atom is -0.444 e. The fraction of sp³-hybridized carbons (Fsp3) is 0.562. The highest BCUT2D eigenvalue weighted by molar-refractivity contribution is 5.69. The van der Waals surface area contributed by atoms with E-state index in [9.17, 15) is 19.1 Å². The summed E-state index contributed by atoms with van der Waals surface area (Å²) in [6, 6.07) is 15.4. The number of carbonyl (C=O) groups excluding carboxylic acids is 2. The van der Waals surface area contributed by atoms with Crippen LogP contribution in [0.5, 0.6) is 0 Å². The predicted molar refractivity (Wildman–Crippen MR) is 164 cm³/mol. The Labute approximate surface area is 249 Å². The molecule has 2 saturated heterocycles. The lowest BCUT2D eigenvalue weighted by Crippen LogP contribution is -2.50. The Morgan fingerprint density at radius 1 is 0.690 bits per heavy atom. The zero-order valence-electron chi connectivity index (χ0n) is 25.9. The molecule has 1 N–H and O–H groups in total. The van der Waals surface area contributed by atoms with Crippen LogP contribution in [0.15, 0.2) is 48.5 Å². The zero-order chi connectivity index (χ0) is 30.9. The summed E-state index contributed by atoms with van der Waals surface area (Å²) in [4.78, 5) is 31.9. The van der Waals surface area contributed by atoms with E-state index in [0.717, 1.165) is 43.1 Å². The Morgan fingerprint density at radius 2 is 1.07 bits per heavy atom. The second-order valence-electron chi connectivity index (χ2n) is 12.5. The number of hydrogen-bond acceptors (Lipinski definition) is 7. The summed E-state index contributed by atoms with van der Waals surface area (Å²) in [6.45, 7) is 16.4. The van der Waals surface area contributed by atoms with Crippen LogP contribution in [0.1, 0.15) is 52.7 Å². The van der Waals surface area contributed by atoms with Crippen LogP contribution in [-0.2, 0) is 22.8 Å². The highest BCUT2D eigenvalue weighted by Crippen LogP contribution is 2.21. The van der Waals surface area contributed by atoms with E-state index in [-0.39, 0.29) is 18.8 Å². The third-order valence-corrected chi connectivity index (χ3v) is 6.75. The number of hydrogen-bond donors (Lipinski definition) is 1. The van der Waals surface area contributed by atoms with Gasteiger partial charge in [-0.1, -0.05) is 24.3 Å². The molecule has 2 fully saturated rings. The molecule has 0 saturated carbocycles. The average Bonchev–Trinajstić information content (AvgIpc) is 2.96. The number of benzene rings is 2. The van der Waals surface area contributed by atoms with Crippen molar-refractivity contribution in [3.8, 4) is 0 Å². The number of carbonyl (C=O) groups is 2. The number of rotatable bonds is 4. The summed E-state index contributed by atoms with van der Waals surface area (Å²) < 4.78 is 23.5. The van der Waals surface area contributed by atoms with Gasteiger partial charge in [0.05, 0.1) is 6.61 Å². The number of aliphatic hydroxyl groups excluding tert-OH is 1.